The quantitative estimate of drug-likeness (QED) is 0.187. The predicted octanol–water partition coefficient (Wildman–Crippen LogP) is 13.2. The van der Waals surface area contributed by atoms with Crippen molar-refractivity contribution in [2.24, 2.45) is 0 Å². The van der Waals surface area contributed by atoms with Gasteiger partial charge in [0.05, 0.1) is 11.4 Å². The lowest BCUT2D eigenvalue weighted by atomic mass is 9.81. The van der Waals surface area contributed by atoms with E-state index in [4.69, 9.17) is 9.97 Å². The molecule has 10 rings (SSSR count). The minimum absolute atomic E-state index is 0.104. The Hall–Kier alpha value is -6.38. The van der Waals surface area contributed by atoms with E-state index >= 15 is 0 Å². The minimum Gasteiger partial charge on any atom is -0.228 e. The Bertz CT molecular complexity index is 2890. The van der Waals surface area contributed by atoms with Gasteiger partial charge in [0.15, 0.2) is 5.82 Å². The van der Waals surface area contributed by atoms with Crippen LogP contribution in [0.3, 0.4) is 0 Å². The summed E-state index contributed by atoms with van der Waals surface area (Å²) in [5, 5.41) is 7.08. The van der Waals surface area contributed by atoms with Crippen molar-refractivity contribution in [2.75, 3.05) is 0 Å². The second-order valence-electron chi connectivity index (χ2n) is 14.6. The molecule has 1 aliphatic rings. The van der Waals surface area contributed by atoms with Gasteiger partial charge in [0, 0.05) is 27.7 Å². The number of nitrogens with zero attached hydrogens (tertiary/aromatic N) is 2. The van der Waals surface area contributed by atoms with E-state index in [1.165, 1.54) is 60.3 Å². The summed E-state index contributed by atoms with van der Waals surface area (Å²) in [6.07, 6.45) is 0. The summed E-state index contributed by atoms with van der Waals surface area (Å²) in [6, 6.07) is 59.4. The van der Waals surface area contributed by atoms with E-state index in [2.05, 4.69) is 185 Å². The van der Waals surface area contributed by atoms with Gasteiger partial charge in [-0.05, 0) is 90.8 Å². The van der Waals surface area contributed by atoms with Crippen LogP contribution >= 0.6 is 0 Å². The summed E-state index contributed by atoms with van der Waals surface area (Å²) < 4.78 is 0. The van der Waals surface area contributed by atoms with E-state index in [9.17, 15) is 0 Å². The fourth-order valence-electron chi connectivity index (χ4n) is 8.56. The minimum atomic E-state index is -0.104. The average Bonchev–Trinajstić information content (AvgIpc) is 3.42. The lowest BCUT2D eigenvalue weighted by Crippen LogP contribution is -2.14. The van der Waals surface area contributed by atoms with E-state index < -0.39 is 0 Å². The van der Waals surface area contributed by atoms with Gasteiger partial charge in [0.25, 0.3) is 0 Å². The number of benzene rings is 8. The zero-order valence-electron chi connectivity index (χ0n) is 29.5. The summed E-state index contributed by atoms with van der Waals surface area (Å²) in [6.45, 7) is 6.90. The summed E-state index contributed by atoms with van der Waals surface area (Å²) >= 11 is 0. The van der Waals surface area contributed by atoms with E-state index in [-0.39, 0.29) is 5.41 Å². The molecule has 246 valence electrons. The molecule has 0 N–H and O–H groups in total. The van der Waals surface area contributed by atoms with Crippen molar-refractivity contribution >= 4 is 32.3 Å². The molecule has 52 heavy (non-hydrogen) atoms. The molecule has 0 atom stereocenters. The third kappa shape index (κ3) is 4.64. The Morgan fingerprint density at radius 1 is 0.385 bits per heavy atom. The van der Waals surface area contributed by atoms with E-state index in [0.717, 1.165) is 44.9 Å². The highest BCUT2D eigenvalue weighted by atomic mass is 14.9. The van der Waals surface area contributed by atoms with Crippen LogP contribution in [-0.4, -0.2) is 9.97 Å². The van der Waals surface area contributed by atoms with E-state index in [1.807, 2.05) is 0 Å². The second-order valence-corrected chi connectivity index (χ2v) is 14.6. The Morgan fingerprint density at radius 3 is 1.60 bits per heavy atom. The summed E-state index contributed by atoms with van der Waals surface area (Å²) in [4.78, 5) is 11.0. The van der Waals surface area contributed by atoms with Gasteiger partial charge >= 0.3 is 0 Å². The predicted molar refractivity (Wildman–Crippen MR) is 219 cm³/mol. The number of hydrogen-bond acceptors (Lipinski definition) is 2. The average molecular weight is 665 g/mol. The van der Waals surface area contributed by atoms with Crippen molar-refractivity contribution in [1.29, 1.82) is 0 Å². The molecule has 0 aliphatic heterocycles. The number of fused-ring (bicyclic) bond motifs is 6. The van der Waals surface area contributed by atoms with Crippen LogP contribution in [0.2, 0.25) is 0 Å². The molecule has 0 bridgehead atoms. The third-order valence-corrected chi connectivity index (χ3v) is 11.3. The van der Waals surface area contributed by atoms with E-state index in [0.29, 0.717) is 0 Å². The van der Waals surface area contributed by atoms with Crippen LogP contribution < -0.4 is 0 Å². The van der Waals surface area contributed by atoms with Gasteiger partial charge in [-0.2, -0.15) is 0 Å². The molecule has 1 heterocycles. The van der Waals surface area contributed by atoms with Crippen LogP contribution in [0, 0.1) is 6.92 Å². The fourth-order valence-corrected chi connectivity index (χ4v) is 8.56. The molecule has 0 unspecified atom stereocenters. The first-order valence-electron chi connectivity index (χ1n) is 18.1. The molecular weight excluding hydrogens is 629 g/mol. The topological polar surface area (TPSA) is 25.8 Å². The van der Waals surface area contributed by atoms with Gasteiger partial charge in [0.1, 0.15) is 0 Å². The lowest BCUT2D eigenvalue weighted by Gasteiger charge is -2.23. The zero-order valence-corrected chi connectivity index (χ0v) is 29.5. The van der Waals surface area contributed by atoms with Crippen molar-refractivity contribution in [3.8, 4) is 56.2 Å². The summed E-state index contributed by atoms with van der Waals surface area (Å²) in [7, 11) is 0. The van der Waals surface area contributed by atoms with Gasteiger partial charge in [-0.15, -0.1) is 0 Å². The maximum atomic E-state index is 5.54. The maximum absolute atomic E-state index is 5.54. The molecule has 1 aromatic heterocycles. The molecule has 1 aliphatic carbocycles. The molecule has 0 spiro atoms. The lowest BCUT2D eigenvalue weighted by molar-refractivity contribution is 0.660. The van der Waals surface area contributed by atoms with E-state index in [1.54, 1.807) is 0 Å². The smallest absolute Gasteiger partial charge is 0.161 e. The highest BCUT2D eigenvalue weighted by molar-refractivity contribution is 6.02. The molecule has 9 aromatic rings. The molecule has 0 saturated carbocycles. The van der Waals surface area contributed by atoms with Crippen molar-refractivity contribution in [3.63, 3.8) is 0 Å². The summed E-state index contributed by atoms with van der Waals surface area (Å²) in [5.74, 6) is 0.727. The fraction of sp³-hybridized carbons (Fsp3) is 0.0800. The molecule has 2 nitrogen and oxygen atoms in total. The Labute approximate surface area is 304 Å². The molecular formula is C50H36N2. The highest BCUT2D eigenvalue weighted by Gasteiger charge is 2.35. The molecule has 0 radical (unpaired) electrons. The van der Waals surface area contributed by atoms with Crippen molar-refractivity contribution in [1.82, 2.24) is 9.97 Å². The first kappa shape index (κ1) is 30.4. The van der Waals surface area contributed by atoms with Gasteiger partial charge in [-0.1, -0.05) is 159 Å². The maximum Gasteiger partial charge on any atom is 0.161 e. The van der Waals surface area contributed by atoms with Crippen LogP contribution in [0.4, 0.5) is 0 Å². The first-order valence-corrected chi connectivity index (χ1v) is 18.1. The van der Waals surface area contributed by atoms with Crippen LogP contribution in [0.25, 0.3) is 88.5 Å². The van der Waals surface area contributed by atoms with Crippen LogP contribution in [0.5, 0.6) is 0 Å². The number of aromatic nitrogens is 2. The molecule has 2 heteroatoms. The normalized spacial score (nSPS) is 13.1. The van der Waals surface area contributed by atoms with Crippen molar-refractivity contribution in [2.45, 2.75) is 26.2 Å². The Balaban J connectivity index is 1.28. The highest BCUT2D eigenvalue weighted by Crippen LogP contribution is 2.50. The third-order valence-electron chi connectivity index (χ3n) is 11.3. The number of rotatable bonds is 4. The standard InChI is InChI=1S/C50H36N2/c1-31-47(41-23-12-18-32-14-6-8-20-37(32)41)51-49(42-24-13-19-33-15-7-9-21-38(33)42)52-48(31)44-29-35-17-5-4-16-34(35)28-43(44)36-26-27-40-39-22-10-11-25-45(39)50(2,3)46(40)30-36/h4-30H,1-3H3. The van der Waals surface area contributed by atoms with Gasteiger partial charge < -0.3 is 0 Å². The van der Waals surface area contributed by atoms with Crippen molar-refractivity contribution in [3.05, 3.63) is 180 Å². The zero-order chi connectivity index (χ0) is 35.0. The summed E-state index contributed by atoms with van der Waals surface area (Å²) in [5.41, 5.74) is 13.9. The Kier molecular flexibility index (Phi) is 6.78. The monoisotopic (exact) mass is 664 g/mol. The van der Waals surface area contributed by atoms with Crippen molar-refractivity contribution < 1.29 is 0 Å². The first-order chi connectivity index (χ1) is 25.5. The second kappa shape index (κ2) is 11.6. The molecule has 0 fully saturated rings. The van der Waals surface area contributed by atoms with Gasteiger partial charge in [0.2, 0.25) is 0 Å². The molecule has 0 amide bonds. The molecule has 8 aromatic carbocycles. The van der Waals surface area contributed by atoms with Gasteiger partial charge in [-0.3, -0.25) is 0 Å². The van der Waals surface area contributed by atoms with Crippen LogP contribution in [0.15, 0.2) is 164 Å². The Morgan fingerprint density at radius 2 is 0.885 bits per heavy atom. The van der Waals surface area contributed by atoms with Gasteiger partial charge in [-0.25, -0.2) is 9.97 Å². The van der Waals surface area contributed by atoms with Crippen LogP contribution in [0.1, 0.15) is 30.5 Å². The van der Waals surface area contributed by atoms with Crippen LogP contribution in [-0.2, 0) is 5.41 Å². The number of hydrogen-bond donors (Lipinski definition) is 0. The molecule has 0 saturated heterocycles. The largest absolute Gasteiger partial charge is 0.228 e. The SMILES string of the molecule is Cc1c(-c2cc3ccccc3cc2-c2ccc3c(c2)C(C)(C)c2ccccc2-3)nc(-c2cccc3ccccc23)nc1-c1cccc2ccccc12.